The molecule has 1 spiro atoms. The van der Waals surface area contributed by atoms with E-state index in [1.807, 2.05) is 74.5 Å². The number of aliphatic hydroxyl groups is 1. The van der Waals surface area contributed by atoms with E-state index in [2.05, 4.69) is 27.0 Å². The Morgan fingerprint density at radius 3 is 2.28 bits per heavy atom. The number of hydrogen-bond acceptors (Lipinski definition) is 5. The summed E-state index contributed by atoms with van der Waals surface area (Å²) in [6.07, 6.45) is 5.53. The fourth-order valence-corrected chi connectivity index (χ4v) is 8.44. The van der Waals surface area contributed by atoms with Crippen molar-refractivity contribution in [2.24, 2.45) is 17.8 Å². The van der Waals surface area contributed by atoms with Crippen molar-refractivity contribution >= 4 is 17.7 Å². The lowest BCUT2D eigenvalue weighted by Crippen LogP contribution is -2.58. The number of carbonyl (C=O) groups excluding carboxylic acids is 3. The van der Waals surface area contributed by atoms with Gasteiger partial charge in [0.05, 0.1) is 30.1 Å². The predicted octanol–water partition coefficient (Wildman–Crippen LogP) is 5.15. The number of fused-ring (bicyclic) bond motifs is 1. The molecule has 1 N–H and O–H groups in total. The smallest absolute Gasteiger partial charge is 0.248 e. The van der Waals surface area contributed by atoms with Crippen LogP contribution in [0.1, 0.15) is 64.1 Å². The van der Waals surface area contributed by atoms with Gasteiger partial charge in [-0.15, -0.1) is 13.2 Å². The average Bonchev–Trinajstić information content (AvgIpc) is 3.57. The lowest BCUT2D eigenvalue weighted by molar-refractivity contribution is -0.159. The lowest BCUT2D eigenvalue weighted by atomic mass is 9.62. The Morgan fingerprint density at radius 2 is 1.70 bits per heavy atom. The van der Waals surface area contributed by atoms with Gasteiger partial charge in [-0.1, -0.05) is 93.1 Å². The molecule has 5 rings (SSSR count). The minimum Gasteiger partial charge on any atom is -0.394 e. The number of carbonyl (C=O) groups is 3. The quantitative estimate of drug-likeness (QED) is 0.293. The Morgan fingerprint density at radius 1 is 1.07 bits per heavy atom. The SMILES string of the molecule is C=CCN(Cc1ccccc1)C(=O)[C@H]1[C@H]2C(=O)N([C@H](CO)c3ccccc3)C(C(=O)N(CC=C)C(C)CCC)C23CC(C)[C@]1(C)O3. The maximum atomic E-state index is 15.0. The fourth-order valence-electron chi connectivity index (χ4n) is 8.44. The van der Waals surface area contributed by atoms with Crippen LogP contribution in [0.15, 0.2) is 86.0 Å². The number of rotatable bonds is 14. The van der Waals surface area contributed by atoms with Crippen LogP contribution in [0, 0.1) is 17.8 Å². The van der Waals surface area contributed by atoms with Gasteiger partial charge in [0.1, 0.15) is 11.6 Å². The van der Waals surface area contributed by atoms with Gasteiger partial charge in [-0.2, -0.15) is 0 Å². The highest BCUT2D eigenvalue weighted by molar-refractivity contribution is 5.99. The average molecular weight is 628 g/mol. The lowest BCUT2D eigenvalue weighted by Gasteiger charge is -2.41. The second kappa shape index (κ2) is 13.5. The van der Waals surface area contributed by atoms with Crippen molar-refractivity contribution in [1.29, 1.82) is 0 Å². The summed E-state index contributed by atoms with van der Waals surface area (Å²) in [4.78, 5) is 49.8. The van der Waals surface area contributed by atoms with Crippen LogP contribution in [0.25, 0.3) is 0 Å². The van der Waals surface area contributed by atoms with Gasteiger partial charge in [-0.05, 0) is 43.7 Å². The highest BCUT2D eigenvalue weighted by atomic mass is 16.5. The standard InChI is InChI=1S/C38H49N3O5/c1-7-16-27(5)40(22-9-3)36(45)33-38-23-26(4)37(6,46-38)31(34(43)39(21-8-2)24-28-17-12-10-13-18-28)32(38)35(44)41(33)30(25-42)29-19-14-11-15-20-29/h8-15,17-20,26-27,30-33,42H,2-3,7,16,21-25H2,1,4-6H3/t26?,27?,30-,31-,32+,33?,37+,38?/m1/s1. The third-order valence-corrected chi connectivity index (χ3v) is 10.7. The van der Waals surface area contributed by atoms with E-state index < -0.39 is 35.1 Å². The van der Waals surface area contributed by atoms with E-state index in [1.165, 1.54) is 0 Å². The van der Waals surface area contributed by atoms with Crippen LogP contribution in [0.3, 0.4) is 0 Å². The van der Waals surface area contributed by atoms with Crippen LogP contribution in [-0.4, -0.2) is 80.5 Å². The Bertz CT molecular complexity index is 1430. The first-order valence-corrected chi connectivity index (χ1v) is 16.6. The maximum absolute atomic E-state index is 15.0. The first-order chi connectivity index (χ1) is 22.1. The molecule has 0 saturated carbocycles. The molecule has 8 atom stereocenters. The Labute approximate surface area is 273 Å². The summed E-state index contributed by atoms with van der Waals surface area (Å²) in [5, 5.41) is 10.9. The summed E-state index contributed by atoms with van der Waals surface area (Å²) >= 11 is 0. The summed E-state index contributed by atoms with van der Waals surface area (Å²) in [7, 11) is 0. The van der Waals surface area contributed by atoms with Crippen LogP contribution in [0.5, 0.6) is 0 Å². The minimum absolute atomic E-state index is 0.103. The highest BCUT2D eigenvalue weighted by Gasteiger charge is 2.80. The van der Waals surface area contributed by atoms with Crippen molar-refractivity contribution in [2.75, 3.05) is 19.7 Å². The molecular formula is C38H49N3O5. The molecule has 3 saturated heterocycles. The van der Waals surface area contributed by atoms with Crippen molar-refractivity contribution in [3.8, 4) is 0 Å². The summed E-state index contributed by atoms with van der Waals surface area (Å²) in [6.45, 7) is 16.5. The molecule has 3 aliphatic heterocycles. The molecule has 8 heteroatoms. The third-order valence-electron chi connectivity index (χ3n) is 10.7. The zero-order valence-electron chi connectivity index (χ0n) is 27.7. The Hall–Kier alpha value is -3.75. The molecule has 4 unspecified atom stereocenters. The van der Waals surface area contributed by atoms with Gasteiger partial charge in [0.15, 0.2) is 0 Å². The topological polar surface area (TPSA) is 90.4 Å². The highest BCUT2D eigenvalue weighted by Crippen LogP contribution is 2.66. The monoisotopic (exact) mass is 627 g/mol. The molecule has 8 nitrogen and oxygen atoms in total. The second-order valence-corrected chi connectivity index (χ2v) is 13.5. The Kier molecular flexibility index (Phi) is 9.89. The number of benzene rings is 2. The van der Waals surface area contributed by atoms with Gasteiger partial charge in [0.2, 0.25) is 17.7 Å². The van der Waals surface area contributed by atoms with Crippen LogP contribution in [-0.2, 0) is 25.7 Å². The van der Waals surface area contributed by atoms with Crippen LogP contribution < -0.4 is 0 Å². The van der Waals surface area contributed by atoms with Crippen molar-refractivity contribution in [3.05, 3.63) is 97.1 Å². The summed E-state index contributed by atoms with van der Waals surface area (Å²) in [5.41, 5.74) is -0.504. The number of likely N-dealkylation sites (tertiary alicyclic amines) is 1. The van der Waals surface area contributed by atoms with Crippen molar-refractivity contribution < 1.29 is 24.2 Å². The molecular weight excluding hydrogens is 578 g/mol. The predicted molar refractivity (Wildman–Crippen MR) is 178 cm³/mol. The molecule has 3 heterocycles. The van der Waals surface area contributed by atoms with E-state index in [1.54, 1.807) is 26.9 Å². The first kappa shape index (κ1) is 33.6. The summed E-state index contributed by atoms with van der Waals surface area (Å²) in [6, 6.07) is 17.2. The number of amides is 3. The van der Waals surface area contributed by atoms with Gasteiger partial charge >= 0.3 is 0 Å². The molecule has 2 aromatic rings. The zero-order chi connectivity index (χ0) is 33.2. The second-order valence-electron chi connectivity index (χ2n) is 13.5. The summed E-state index contributed by atoms with van der Waals surface area (Å²) < 4.78 is 7.04. The number of nitrogens with zero attached hydrogens (tertiary/aromatic N) is 3. The number of aliphatic hydroxyl groups excluding tert-OH is 1. The maximum Gasteiger partial charge on any atom is 0.248 e. The van der Waals surface area contributed by atoms with E-state index in [4.69, 9.17) is 4.74 Å². The van der Waals surface area contributed by atoms with Crippen LogP contribution >= 0.6 is 0 Å². The zero-order valence-corrected chi connectivity index (χ0v) is 27.7. The van der Waals surface area contributed by atoms with Gasteiger partial charge in [0, 0.05) is 25.7 Å². The van der Waals surface area contributed by atoms with Gasteiger partial charge in [-0.3, -0.25) is 14.4 Å². The molecule has 246 valence electrons. The molecule has 3 fully saturated rings. The molecule has 3 aliphatic rings. The van der Waals surface area contributed by atoms with Crippen molar-refractivity contribution in [2.45, 2.75) is 82.8 Å². The third kappa shape index (κ3) is 5.49. The van der Waals surface area contributed by atoms with Crippen molar-refractivity contribution in [3.63, 3.8) is 0 Å². The Balaban J connectivity index is 1.65. The van der Waals surface area contributed by atoms with E-state index in [0.29, 0.717) is 26.1 Å². The van der Waals surface area contributed by atoms with E-state index >= 15 is 0 Å². The number of ether oxygens (including phenoxy) is 1. The van der Waals surface area contributed by atoms with Crippen LogP contribution in [0.4, 0.5) is 0 Å². The molecule has 46 heavy (non-hydrogen) atoms. The van der Waals surface area contributed by atoms with Gasteiger partial charge in [0.25, 0.3) is 0 Å². The molecule has 2 bridgehead atoms. The molecule has 0 aromatic heterocycles. The molecule has 3 amide bonds. The van der Waals surface area contributed by atoms with E-state index in [9.17, 15) is 19.5 Å². The largest absolute Gasteiger partial charge is 0.394 e. The van der Waals surface area contributed by atoms with E-state index in [-0.39, 0.29) is 36.3 Å². The molecule has 0 radical (unpaired) electrons. The van der Waals surface area contributed by atoms with E-state index in [0.717, 1.165) is 24.0 Å². The van der Waals surface area contributed by atoms with Crippen molar-refractivity contribution in [1.82, 2.24) is 14.7 Å². The number of hydrogen-bond donors (Lipinski definition) is 1. The summed E-state index contributed by atoms with van der Waals surface area (Å²) in [5.74, 6) is -2.55. The minimum atomic E-state index is -1.23. The van der Waals surface area contributed by atoms with Gasteiger partial charge < -0.3 is 24.5 Å². The van der Waals surface area contributed by atoms with Crippen LogP contribution in [0.2, 0.25) is 0 Å². The molecule has 2 aromatic carbocycles. The molecule has 0 aliphatic carbocycles. The normalized spacial score (nSPS) is 29.2. The van der Waals surface area contributed by atoms with Gasteiger partial charge in [-0.25, -0.2) is 0 Å². The fraction of sp³-hybridized carbons (Fsp3) is 0.500. The first-order valence-electron chi connectivity index (χ1n) is 16.6.